The fourth-order valence-corrected chi connectivity index (χ4v) is 1.84. The lowest BCUT2D eigenvalue weighted by molar-refractivity contribution is 0.162. The third-order valence-corrected chi connectivity index (χ3v) is 2.80. The zero-order valence-electron chi connectivity index (χ0n) is 8.56. The summed E-state index contributed by atoms with van der Waals surface area (Å²) in [6.45, 7) is 5.43. The molecule has 0 aromatic carbocycles. The van der Waals surface area contributed by atoms with Crippen LogP contribution in [0, 0.1) is 0 Å². The lowest BCUT2D eigenvalue weighted by Crippen LogP contribution is -2.28. The van der Waals surface area contributed by atoms with E-state index in [0.717, 1.165) is 39.0 Å². The molecule has 1 unspecified atom stereocenters. The van der Waals surface area contributed by atoms with E-state index >= 15 is 0 Å². The van der Waals surface area contributed by atoms with Gasteiger partial charge in [0.15, 0.2) is 0 Å². The zero-order valence-corrected chi connectivity index (χ0v) is 8.56. The molecule has 1 aliphatic rings. The minimum absolute atomic E-state index is 0.678. The van der Waals surface area contributed by atoms with Gasteiger partial charge in [-0.2, -0.15) is 0 Å². The summed E-state index contributed by atoms with van der Waals surface area (Å²) < 4.78 is 13.6. The van der Waals surface area contributed by atoms with Gasteiger partial charge in [-0.25, -0.2) is 4.39 Å². The average Bonchev–Trinajstić information content (AvgIpc) is 2.23. The van der Waals surface area contributed by atoms with Crippen molar-refractivity contribution in [3.63, 3.8) is 0 Å². The summed E-state index contributed by atoms with van der Waals surface area (Å²) in [7, 11) is 0. The fourth-order valence-electron chi connectivity index (χ4n) is 1.84. The molecule has 1 heterocycles. The van der Waals surface area contributed by atoms with Crippen LogP contribution in [0.2, 0.25) is 0 Å². The number of alkyl halides is 1. The lowest BCUT2D eigenvalue weighted by atomic mass is 10.0. The molecule has 0 aliphatic carbocycles. The Morgan fingerprint density at radius 1 is 1.38 bits per heavy atom. The molecule has 0 bridgehead atoms. The maximum absolute atomic E-state index is 13.6. The van der Waals surface area contributed by atoms with Crippen LogP contribution in [0.15, 0.2) is 0 Å². The summed E-state index contributed by atoms with van der Waals surface area (Å²) in [5, 5.41) is 0. The Balaban J connectivity index is 2.28. The van der Waals surface area contributed by atoms with Gasteiger partial charge in [-0.15, -0.1) is 0 Å². The van der Waals surface area contributed by atoms with E-state index in [1.807, 2.05) is 0 Å². The topological polar surface area (TPSA) is 29.3 Å². The first-order chi connectivity index (χ1) is 6.14. The van der Waals surface area contributed by atoms with Gasteiger partial charge in [-0.05, 0) is 52.2 Å². The molecule has 0 radical (unpaired) electrons. The standard InChI is InChI=1S/C10H21FN2/c1-10(11)4-2-7-13(9-5-10)8-3-6-12/h2-9,12H2,1H3. The van der Waals surface area contributed by atoms with Crippen LogP contribution in [0.3, 0.4) is 0 Å². The van der Waals surface area contributed by atoms with E-state index < -0.39 is 5.67 Å². The first-order valence-corrected chi connectivity index (χ1v) is 5.25. The predicted molar refractivity (Wildman–Crippen MR) is 53.5 cm³/mol. The number of nitrogens with zero attached hydrogens (tertiary/aromatic N) is 1. The second-order valence-electron chi connectivity index (χ2n) is 4.25. The van der Waals surface area contributed by atoms with Crippen LogP contribution in [0.5, 0.6) is 0 Å². The van der Waals surface area contributed by atoms with Gasteiger partial charge >= 0.3 is 0 Å². The van der Waals surface area contributed by atoms with Crippen molar-refractivity contribution in [2.24, 2.45) is 5.73 Å². The molecule has 0 saturated carbocycles. The number of rotatable bonds is 3. The van der Waals surface area contributed by atoms with E-state index in [4.69, 9.17) is 5.73 Å². The van der Waals surface area contributed by atoms with Crippen LogP contribution >= 0.6 is 0 Å². The Labute approximate surface area is 80.3 Å². The highest BCUT2D eigenvalue weighted by molar-refractivity contribution is 4.79. The normalized spacial score (nSPS) is 31.6. The van der Waals surface area contributed by atoms with Crippen LogP contribution in [-0.2, 0) is 0 Å². The highest BCUT2D eigenvalue weighted by Gasteiger charge is 2.26. The fraction of sp³-hybridized carbons (Fsp3) is 1.00. The van der Waals surface area contributed by atoms with E-state index in [1.165, 1.54) is 0 Å². The second-order valence-corrected chi connectivity index (χ2v) is 4.25. The van der Waals surface area contributed by atoms with E-state index in [-0.39, 0.29) is 0 Å². The Morgan fingerprint density at radius 3 is 2.85 bits per heavy atom. The summed E-state index contributed by atoms with van der Waals surface area (Å²) >= 11 is 0. The SMILES string of the molecule is CC1(F)CCCN(CCCN)CC1. The molecule has 1 atom stereocenters. The van der Waals surface area contributed by atoms with Crippen LogP contribution in [0.1, 0.15) is 32.6 Å². The molecule has 2 N–H and O–H groups in total. The maximum Gasteiger partial charge on any atom is 0.109 e. The molecule has 0 spiro atoms. The van der Waals surface area contributed by atoms with Gasteiger partial charge in [0.05, 0.1) is 0 Å². The molecular formula is C10H21FN2. The van der Waals surface area contributed by atoms with Crippen molar-refractivity contribution in [2.75, 3.05) is 26.2 Å². The smallest absolute Gasteiger partial charge is 0.109 e. The molecule has 1 fully saturated rings. The molecule has 3 heteroatoms. The van der Waals surface area contributed by atoms with Crippen molar-refractivity contribution in [3.8, 4) is 0 Å². The summed E-state index contributed by atoms with van der Waals surface area (Å²) in [5.74, 6) is 0. The van der Waals surface area contributed by atoms with Crippen molar-refractivity contribution in [1.29, 1.82) is 0 Å². The number of hydrogen-bond acceptors (Lipinski definition) is 2. The molecule has 2 nitrogen and oxygen atoms in total. The largest absolute Gasteiger partial charge is 0.330 e. The Morgan fingerprint density at radius 2 is 2.15 bits per heavy atom. The minimum Gasteiger partial charge on any atom is -0.330 e. The molecule has 0 aromatic rings. The summed E-state index contributed by atoms with van der Waals surface area (Å²) in [6.07, 6.45) is 3.41. The van der Waals surface area contributed by atoms with Crippen molar-refractivity contribution < 1.29 is 4.39 Å². The quantitative estimate of drug-likeness (QED) is 0.728. The summed E-state index contributed by atoms with van der Waals surface area (Å²) in [6, 6.07) is 0. The summed E-state index contributed by atoms with van der Waals surface area (Å²) in [5.41, 5.74) is 4.50. The Kier molecular flexibility index (Phi) is 4.13. The van der Waals surface area contributed by atoms with Gasteiger partial charge in [-0.1, -0.05) is 0 Å². The van der Waals surface area contributed by atoms with Crippen molar-refractivity contribution in [3.05, 3.63) is 0 Å². The highest BCUT2D eigenvalue weighted by atomic mass is 19.1. The van der Waals surface area contributed by atoms with Crippen LogP contribution in [-0.4, -0.2) is 36.7 Å². The van der Waals surface area contributed by atoms with Crippen molar-refractivity contribution in [2.45, 2.75) is 38.3 Å². The van der Waals surface area contributed by atoms with Crippen molar-refractivity contribution >= 4 is 0 Å². The molecule has 1 aliphatic heterocycles. The highest BCUT2D eigenvalue weighted by Crippen LogP contribution is 2.25. The molecule has 1 saturated heterocycles. The van der Waals surface area contributed by atoms with Crippen LogP contribution < -0.4 is 5.73 Å². The molecule has 78 valence electrons. The molecule has 1 rings (SSSR count). The number of likely N-dealkylation sites (tertiary alicyclic amines) is 1. The second kappa shape index (κ2) is 4.91. The maximum atomic E-state index is 13.6. The van der Waals surface area contributed by atoms with Gasteiger partial charge < -0.3 is 10.6 Å². The van der Waals surface area contributed by atoms with Gasteiger partial charge in [0, 0.05) is 6.54 Å². The Bertz CT molecular complexity index is 148. The van der Waals surface area contributed by atoms with E-state index in [9.17, 15) is 4.39 Å². The zero-order chi connectivity index (χ0) is 9.73. The van der Waals surface area contributed by atoms with E-state index in [0.29, 0.717) is 12.8 Å². The van der Waals surface area contributed by atoms with E-state index in [2.05, 4.69) is 4.90 Å². The monoisotopic (exact) mass is 188 g/mol. The number of hydrogen-bond donors (Lipinski definition) is 1. The van der Waals surface area contributed by atoms with Gasteiger partial charge in [0.25, 0.3) is 0 Å². The van der Waals surface area contributed by atoms with Gasteiger partial charge in [0.2, 0.25) is 0 Å². The van der Waals surface area contributed by atoms with Crippen LogP contribution in [0.4, 0.5) is 4.39 Å². The molecule has 0 aromatic heterocycles. The average molecular weight is 188 g/mol. The van der Waals surface area contributed by atoms with E-state index in [1.54, 1.807) is 6.92 Å². The van der Waals surface area contributed by atoms with Crippen molar-refractivity contribution in [1.82, 2.24) is 4.90 Å². The molecular weight excluding hydrogens is 167 g/mol. The first kappa shape index (κ1) is 10.9. The first-order valence-electron chi connectivity index (χ1n) is 5.25. The predicted octanol–water partition coefficient (Wildman–Crippen LogP) is 1.55. The third kappa shape index (κ3) is 4.05. The summed E-state index contributed by atoms with van der Waals surface area (Å²) in [4.78, 5) is 2.33. The Hall–Kier alpha value is -0.150. The third-order valence-electron chi connectivity index (χ3n) is 2.80. The van der Waals surface area contributed by atoms with Gasteiger partial charge in [-0.3, -0.25) is 0 Å². The van der Waals surface area contributed by atoms with Gasteiger partial charge in [0.1, 0.15) is 5.67 Å². The van der Waals surface area contributed by atoms with Crippen LogP contribution in [0.25, 0.3) is 0 Å². The number of halogens is 1. The lowest BCUT2D eigenvalue weighted by Gasteiger charge is -2.20. The molecule has 13 heavy (non-hydrogen) atoms. The minimum atomic E-state index is -0.933. The molecule has 0 amide bonds. The number of nitrogens with two attached hydrogens (primary N) is 1.